The van der Waals surface area contributed by atoms with Crippen molar-refractivity contribution in [2.24, 2.45) is 0 Å². The molecule has 2 N–H and O–H groups in total. The van der Waals surface area contributed by atoms with Crippen LogP contribution in [0.25, 0.3) is 0 Å². The number of hydrogen-bond acceptors (Lipinski definition) is 5. The number of amides is 1. The number of carbonyl (C=O) groups excluding carboxylic acids is 1. The molecule has 0 saturated carbocycles. The van der Waals surface area contributed by atoms with Gasteiger partial charge in [0.2, 0.25) is 0 Å². The van der Waals surface area contributed by atoms with Gasteiger partial charge in [0.1, 0.15) is 11.4 Å². The summed E-state index contributed by atoms with van der Waals surface area (Å²) in [5, 5.41) is 0. The normalized spacial score (nSPS) is 16.6. The molecular weight excluding hydrogens is 337 g/mol. The topological polar surface area (TPSA) is 66.5 Å². The van der Waals surface area contributed by atoms with Crippen LogP contribution in [0.1, 0.15) is 39.2 Å². The molecule has 0 spiro atoms. The summed E-state index contributed by atoms with van der Waals surface area (Å²) < 4.78 is 43.5. The van der Waals surface area contributed by atoms with Gasteiger partial charge in [0.25, 0.3) is 0 Å². The maximum atomic E-state index is 12.8. The molecule has 140 valence electrons. The Morgan fingerprint density at radius 1 is 1.28 bits per heavy atom. The van der Waals surface area contributed by atoms with Gasteiger partial charge in [-0.15, -0.1) is 0 Å². The van der Waals surface area contributed by atoms with Gasteiger partial charge >= 0.3 is 12.3 Å². The molecule has 6 nitrogen and oxygen atoms in total. The molecule has 0 bridgehead atoms. The van der Waals surface area contributed by atoms with Crippen LogP contribution in [0.5, 0.6) is 0 Å². The number of alkyl halides is 3. The van der Waals surface area contributed by atoms with E-state index in [0.29, 0.717) is 31.7 Å². The Balaban J connectivity index is 1.83. The standard InChI is InChI=1S/C16H23F3N4O2/c1-15(2,3)25-14(24)22-21-12-5-8-23(9-6-12)13-10-11(4-7-20-13)16(17,18)19/h4,7,10,12,21H,5-6,8-9H2,1-3H3,(H,22,24). The third-order valence-corrected chi connectivity index (χ3v) is 3.67. The molecule has 25 heavy (non-hydrogen) atoms. The first-order chi connectivity index (χ1) is 11.5. The van der Waals surface area contributed by atoms with Crippen LogP contribution in [0.3, 0.4) is 0 Å². The summed E-state index contributed by atoms with van der Waals surface area (Å²) in [6, 6.07) is 2.05. The van der Waals surface area contributed by atoms with Crippen molar-refractivity contribution in [3.63, 3.8) is 0 Å². The lowest BCUT2D eigenvalue weighted by molar-refractivity contribution is -0.137. The van der Waals surface area contributed by atoms with Crippen molar-refractivity contribution in [2.75, 3.05) is 18.0 Å². The maximum absolute atomic E-state index is 12.8. The smallest absolute Gasteiger partial charge is 0.422 e. The second-order valence-electron chi connectivity index (χ2n) is 6.93. The van der Waals surface area contributed by atoms with Crippen molar-refractivity contribution in [2.45, 2.75) is 51.4 Å². The maximum Gasteiger partial charge on any atom is 0.422 e. The summed E-state index contributed by atoms with van der Waals surface area (Å²) in [4.78, 5) is 17.4. The van der Waals surface area contributed by atoms with E-state index >= 15 is 0 Å². The molecule has 1 aromatic heterocycles. The Labute approximate surface area is 144 Å². The number of anilines is 1. The van der Waals surface area contributed by atoms with E-state index in [9.17, 15) is 18.0 Å². The number of piperidine rings is 1. The molecule has 1 aliphatic heterocycles. The average molecular weight is 360 g/mol. The zero-order valence-corrected chi connectivity index (χ0v) is 14.5. The first kappa shape index (κ1) is 19.3. The highest BCUT2D eigenvalue weighted by Crippen LogP contribution is 2.31. The highest BCUT2D eigenvalue weighted by molar-refractivity contribution is 5.67. The Morgan fingerprint density at radius 2 is 1.92 bits per heavy atom. The monoisotopic (exact) mass is 360 g/mol. The van der Waals surface area contributed by atoms with E-state index in [2.05, 4.69) is 15.8 Å². The van der Waals surface area contributed by atoms with Crippen LogP contribution in [0, 0.1) is 0 Å². The van der Waals surface area contributed by atoms with E-state index in [1.165, 1.54) is 6.20 Å². The minimum Gasteiger partial charge on any atom is -0.443 e. The van der Waals surface area contributed by atoms with Crippen molar-refractivity contribution in [3.8, 4) is 0 Å². The average Bonchev–Trinajstić information content (AvgIpc) is 2.51. The molecule has 1 aromatic rings. The molecule has 1 aliphatic rings. The lowest BCUT2D eigenvalue weighted by Crippen LogP contribution is -2.50. The van der Waals surface area contributed by atoms with Crippen LogP contribution in [-0.2, 0) is 10.9 Å². The van der Waals surface area contributed by atoms with Crippen molar-refractivity contribution in [1.29, 1.82) is 0 Å². The molecular formula is C16H23F3N4O2. The molecule has 0 unspecified atom stereocenters. The summed E-state index contributed by atoms with van der Waals surface area (Å²) in [6.45, 7) is 6.40. The molecule has 1 amide bonds. The first-order valence-corrected chi connectivity index (χ1v) is 8.07. The molecule has 2 rings (SSSR count). The zero-order chi connectivity index (χ0) is 18.7. The number of hydrazine groups is 1. The largest absolute Gasteiger partial charge is 0.443 e. The van der Waals surface area contributed by atoms with Gasteiger partial charge in [0.15, 0.2) is 0 Å². The van der Waals surface area contributed by atoms with Crippen LogP contribution < -0.4 is 15.8 Å². The molecule has 0 aromatic carbocycles. The number of ether oxygens (including phenoxy) is 1. The second-order valence-corrected chi connectivity index (χ2v) is 6.93. The fraction of sp³-hybridized carbons (Fsp3) is 0.625. The molecule has 0 aliphatic carbocycles. The van der Waals surface area contributed by atoms with Crippen LogP contribution >= 0.6 is 0 Å². The number of hydrogen-bond donors (Lipinski definition) is 2. The van der Waals surface area contributed by atoms with Crippen molar-refractivity contribution in [1.82, 2.24) is 15.8 Å². The van der Waals surface area contributed by atoms with E-state index in [1.807, 2.05) is 0 Å². The summed E-state index contributed by atoms with van der Waals surface area (Å²) in [5.41, 5.74) is 4.12. The molecule has 1 fully saturated rings. The Kier molecular flexibility index (Phi) is 5.76. The van der Waals surface area contributed by atoms with Gasteiger partial charge in [-0.3, -0.25) is 5.43 Å². The molecule has 2 heterocycles. The van der Waals surface area contributed by atoms with Gasteiger partial charge in [0, 0.05) is 25.3 Å². The van der Waals surface area contributed by atoms with E-state index in [1.54, 1.807) is 25.7 Å². The van der Waals surface area contributed by atoms with Crippen molar-refractivity contribution >= 4 is 11.9 Å². The third-order valence-electron chi connectivity index (χ3n) is 3.67. The molecule has 0 atom stereocenters. The van der Waals surface area contributed by atoms with Gasteiger partial charge in [-0.2, -0.15) is 13.2 Å². The van der Waals surface area contributed by atoms with Crippen molar-refractivity contribution < 1.29 is 22.7 Å². The lowest BCUT2D eigenvalue weighted by Gasteiger charge is -2.33. The molecule has 9 heteroatoms. The SMILES string of the molecule is CC(C)(C)OC(=O)NNC1CCN(c2cc(C(F)(F)F)ccn2)CC1. The van der Waals surface area contributed by atoms with Crippen LogP contribution in [0.2, 0.25) is 0 Å². The van der Waals surface area contributed by atoms with Crippen LogP contribution in [-0.4, -0.2) is 35.8 Å². The Bertz CT molecular complexity index is 594. The predicted molar refractivity (Wildman–Crippen MR) is 87.0 cm³/mol. The Morgan fingerprint density at radius 3 is 2.48 bits per heavy atom. The minimum atomic E-state index is -4.38. The lowest BCUT2D eigenvalue weighted by atomic mass is 10.1. The molecule has 1 saturated heterocycles. The minimum absolute atomic E-state index is 0.0227. The summed E-state index contributed by atoms with van der Waals surface area (Å²) in [7, 11) is 0. The number of carbonyl (C=O) groups is 1. The number of nitrogens with one attached hydrogen (secondary N) is 2. The van der Waals surface area contributed by atoms with Gasteiger partial charge in [-0.1, -0.05) is 0 Å². The van der Waals surface area contributed by atoms with Gasteiger partial charge in [-0.05, 0) is 45.7 Å². The van der Waals surface area contributed by atoms with Crippen molar-refractivity contribution in [3.05, 3.63) is 23.9 Å². The van der Waals surface area contributed by atoms with Crippen LogP contribution in [0.15, 0.2) is 18.3 Å². The zero-order valence-electron chi connectivity index (χ0n) is 14.5. The fourth-order valence-electron chi connectivity index (χ4n) is 2.49. The summed E-state index contributed by atoms with van der Waals surface area (Å²) in [6.07, 6.45) is -2.45. The number of nitrogens with zero attached hydrogens (tertiary/aromatic N) is 2. The second kappa shape index (κ2) is 7.47. The van der Waals surface area contributed by atoms with Gasteiger partial charge < -0.3 is 9.64 Å². The number of halogens is 3. The number of pyridine rings is 1. The van der Waals surface area contributed by atoms with Crippen LogP contribution in [0.4, 0.5) is 23.8 Å². The van der Waals surface area contributed by atoms with E-state index in [-0.39, 0.29) is 6.04 Å². The summed E-state index contributed by atoms with van der Waals surface area (Å²) in [5.74, 6) is 0.313. The molecule has 0 radical (unpaired) electrons. The van der Waals surface area contributed by atoms with Gasteiger partial charge in [-0.25, -0.2) is 15.2 Å². The first-order valence-electron chi connectivity index (χ1n) is 8.07. The Hall–Kier alpha value is -2.03. The number of rotatable bonds is 3. The quantitative estimate of drug-likeness (QED) is 0.811. The third kappa shape index (κ3) is 6.08. The highest BCUT2D eigenvalue weighted by Gasteiger charge is 2.31. The van der Waals surface area contributed by atoms with E-state index in [4.69, 9.17) is 4.74 Å². The van der Waals surface area contributed by atoms with E-state index in [0.717, 1.165) is 12.1 Å². The predicted octanol–water partition coefficient (Wildman–Crippen LogP) is 3.10. The summed E-state index contributed by atoms with van der Waals surface area (Å²) >= 11 is 0. The number of aromatic nitrogens is 1. The van der Waals surface area contributed by atoms with E-state index < -0.39 is 23.4 Å². The highest BCUT2D eigenvalue weighted by atomic mass is 19.4. The van der Waals surface area contributed by atoms with Gasteiger partial charge in [0.05, 0.1) is 5.56 Å². The fourth-order valence-corrected chi connectivity index (χ4v) is 2.49.